The summed E-state index contributed by atoms with van der Waals surface area (Å²) in [5, 5.41) is 1.08. The van der Waals surface area contributed by atoms with Gasteiger partial charge in [0.2, 0.25) is 0 Å². The molecule has 19 heavy (non-hydrogen) atoms. The molecule has 0 aliphatic carbocycles. The first-order valence-corrected chi connectivity index (χ1v) is 8.96. The lowest BCUT2D eigenvalue weighted by atomic mass is 9.86. The lowest BCUT2D eigenvalue weighted by Gasteiger charge is -2.17. The van der Waals surface area contributed by atoms with Crippen LogP contribution in [-0.4, -0.2) is 11.0 Å². The van der Waals surface area contributed by atoms with Gasteiger partial charge in [-0.3, -0.25) is 4.79 Å². The molecule has 1 unspecified atom stereocenters. The molecule has 1 aromatic rings. The first-order valence-electron chi connectivity index (χ1n) is 6.68. The molecule has 3 heteroatoms. The third kappa shape index (κ3) is 5.23. The number of benzene rings is 1. The highest BCUT2D eigenvalue weighted by atomic mass is 33.1. The summed E-state index contributed by atoms with van der Waals surface area (Å²) in [6, 6.07) is 8.08. The maximum atomic E-state index is 12.2. The van der Waals surface area contributed by atoms with Crippen molar-refractivity contribution in [1.82, 2.24) is 0 Å². The number of carbonyl (C=O) groups is 1. The Morgan fingerprint density at radius 2 is 1.53 bits per heavy atom. The van der Waals surface area contributed by atoms with E-state index in [0.29, 0.717) is 10.5 Å². The van der Waals surface area contributed by atoms with Crippen LogP contribution in [0, 0.1) is 5.41 Å². The van der Waals surface area contributed by atoms with Gasteiger partial charge in [0.05, 0.1) is 0 Å². The van der Waals surface area contributed by atoms with Crippen LogP contribution in [0.15, 0.2) is 24.3 Å². The van der Waals surface area contributed by atoms with Crippen LogP contribution in [0.1, 0.15) is 62.7 Å². The predicted molar refractivity (Wildman–Crippen MR) is 89.0 cm³/mol. The third-order valence-corrected chi connectivity index (χ3v) is 6.13. The monoisotopic (exact) mass is 296 g/mol. The molecule has 0 amide bonds. The van der Waals surface area contributed by atoms with E-state index >= 15 is 0 Å². The molecular weight excluding hydrogens is 272 g/mol. The molecule has 1 rings (SSSR count). The summed E-state index contributed by atoms with van der Waals surface area (Å²) in [5.74, 6) is 0.205. The summed E-state index contributed by atoms with van der Waals surface area (Å²) in [6.07, 6.45) is 0. The Hall–Kier alpha value is -0.410. The van der Waals surface area contributed by atoms with E-state index in [1.807, 2.05) is 54.5 Å². The van der Waals surface area contributed by atoms with Gasteiger partial charge in [0, 0.05) is 21.5 Å². The summed E-state index contributed by atoms with van der Waals surface area (Å²) in [7, 11) is 3.79. The van der Waals surface area contributed by atoms with Gasteiger partial charge in [0.15, 0.2) is 5.78 Å². The van der Waals surface area contributed by atoms with Crippen molar-refractivity contribution in [2.45, 2.75) is 52.0 Å². The summed E-state index contributed by atoms with van der Waals surface area (Å²) in [4.78, 5) is 12.2. The van der Waals surface area contributed by atoms with Crippen molar-refractivity contribution < 1.29 is 4.79 Å². The zero-order valence-electron chi connectivity index (χ0n) is 12.7. The third-order valence-electron chi connectivity index (χ3n) is 2.72. The van der Waals surface area contributed by atoms with Crippen LogP contribution in [0.2, 0.25) is 0 Å². The smallest absolute Gasteiger partial charge is 0.168 e. The second kappa shape index (κ2) is 6.85. The molecule has 0 heterocycles. The number of Topliss-reactive ketones (excluding diaryl/α,β-unsaturated/α-hetero) is 1. The van der Waals surface area contributed by atoms with Crippen LogP contribution in [-0.2, 0) is 0 Å². The zero-order valence-corrected chi connectivity index (χ0v) is 14.3. The van der Waals surface area contributed by atoms with Gasteiger partial charge in [-0.25, -0.2) is 0 Å². The van der Waals surface area contributed by atoms with Crippen molar-refractivity contribution in [2.75, 3.05) is 0 Å². The van der Waals surface area contributed by atoms with Crippen LogP contribution >= 0.6 is 21.6 Å². The average molecular weight is 297 g/mol. The maximum Gasteiger partial charge on any atom is 0.168 e. The molecule has 0 saturated carbocycles. The van der Waals surface area contributed by atoms with E-state index in [4.69, 9.17) is 0 Å². The average Bonchev–Trinajstić information content (AvgIpc) is 2.34. The quantitative estimate of drug-likeness (QED) is 0.507. The largest absolute Gasteiger partial charge is 0.294 e. The second-order valence-electron chi connectivity index (χ2n) is 6.08. The molecule has 0 aliphatic heterocycles. The summed E-state index contributed by atoms with van der Waals surface area (Å²) in [6.45, 7) is 12.5. The Kier molecular flexibility index (Phi) is 6.00. The molecule has 0 radical (unpaired) electrons. The van der Waals surface area contributed by atoms with Crippen LogP contribution in [0.5, 0.6) is 0 Å². The van der Waals surface area contributed by atoms with E-state index in [1.54, 1.807) is 0 Å². The van der Waals surface area contributed by atoms with Crippen molar-refractivity contribution >= 4 is 27.4 Å². The van der Waals surface area contributed by atoms with E-state index in [1.165, 1.54) is 5.56 Å². The molecule has 0 fully saturated rings. The van der Waals surface area contributed by atoms with Gasteiger partial charge in [0.25, 0.3) is 0 Å². The van der Waals surface area contributed by atoms with Crippen LogP contribution < -0.4 is 0 Å². The standard InChI is InChI=1S/C16H24OS2/c1-11(2)18-19-12(3)13-7-9-14(10-8-13)15(17)16(4,5)6/h7-12H,1-6H3. The first-order chi connectivity index (χ1) is 8.71. The minimum Gasteiger partial charge on any atom is -0.294 e. The van der Waals surface area contributed by atoms with Crippen LogP contribution in [0.3, 0.4) is 0 Å². The topological polar surface area (TPSA) is 17.1 Å². The van der Waals surface area contributed by atoms with E-state index in [2.05, 4.69) is 32.9 Å². The Morgan fingerprint density at radius 3 is 1.95 bits per heavy atom. The number of hydrogen-bond donors (Lipinski definition) is 0. The molecule has 1 atom stereocenters. The van der Waals surface area contributed by atoms with Crippen molar-refractivity contribution in [2.24, 2.45) is 5.41 Å². The van der Waals surface area contributed by atoms with E-state index < -0.39 is 0 Å². The van der Waals surface area contributed by atoms with Crippen LogP contribution in [0.25, 0.3) is 0 Å². The van der Waals surface area contributed by atoms with Crippen molar-refractivity contribution in [3.63, 3.8) is 0 Å². The van der Waals surface area contributed by atoms with Gasteiger partial charge in [-0.05, 0) is 12.5 Å². The van der Waals surface area contributed by atoms with Gasteiger partial charge in [-0.1, -0.05) is 80.5 Å². The molecule has 0 spiro atoms. The number of hydrogen-bond acceptors (Lipinski definition) is 3. The lowest BCUT2D eigenvalue weighted by Crippen LogP contribution is -2.20. The normalized spacial score (nSPS) is 13.6. The number of rotatable bonds is 5. The van der Waals surface area contributed by atoms with E-state index in [9.17, 15) is 4.79 Å². The Morgan fingerprint density at radius 1 is 1.00 bits per heavy atom. The van der Waals surface area contributed by atoms with Gasteiger partial charge >= 0.3 is 0 Å². The highest BCUT2D eigenvalue weighted by molar-refractivity contribution is 8.77. The fourth-order valence-corrected chi connectivity index (χ4v) is 3.75. The fourth-order valence-electron chi connectivity index (χ4n) is 1.59. The Labute approximate surface area is 125 Å². The summed E-state index contributed by atoms with van der Waals surface area (Å²) < 4.78 is 0. The Balaban J connectivity index is 2.74. The lowest BCUT2D eigenvalue weighted by molar-refractivity contribution is 0.0858. The molecule has 0 aromatic heterocycles. The van der Waals surface area contributed by atoms with Gasteiger partial charge in [0.1, 0.15) is 0 Å². The molecule has 0 saturated heterocycles. The van der Waals surface area contributed by atoms with E-state index in [0.717, 1.165) is 5.56 Å². The minimum absolute atomic E-state index is 0.205. The maximum absolute atomic E-state index is 12.2. The Bertz CT molecular complexity index is 415. The molecule has 106 valence electrons. The molecule has 0 N–H and O–H groups in total. The van der Waals surface area contributed by atoms with Crippen molar-refractivity contribution in [3.8, 4) is 0 Å². The highest BCUT2D eigenvalue weighted by Gasteiger charge is 2.22. The summed E-state index contributed by atoms with van der Waals surface area (Å²) >= 11 is 0. The molecule has 1 nitrogen and oxygen atoms in total. The number of ketones is 1. The van der Waals surface area contributed by atoms with Gasteiger partial charge in [-0.15, -0.1) is 0 Å². The molecular formula is C16H24OS2. The number of carbonyl (C=O) groups excluding carboxylic acids is 1. The van der Waals surface area contributed by atoms with Crippen molar-refractivity contribution in [1.29, 1.82) is 0 Å². The predicted octanol–water partition coefficient (Wildman–Crippen LogP) is 5.77. The summed E-state index contributed by atoms with van der Waals surface area (Å²) in [5.41, 5.74) is 1.78. The zero-order chi connectivity index (χ0) is 14.6. The van der Waals surface area contributed by atoms with E-state index in [-0.39, 0.29) is 11.2 Å². The van der Waals surface area contributed by atoms with Gasteiger partial charge in [-0.2, -0.15) is 0 Å². The minimum atomic E-state index is -0.310. The molecule has 0 aliphatic rings. The highest BCUT2D eigenvalue weighted by Crippen LogP contribution is 2.39. The molecule has 0 bridgehead atoms. The second-order valence-corrected chi connectivity index (χ2v) is 9.27. The molecule has 1 aromatic carbocycles. The first kappa shape index (κ1) is 16.6. The fraction of sp³-hybridized carbons (Fsp3) is 0.562. The van der Waals surface area contributed by atoms with Crippen molar-refractivity contribution in [3.05, 3.63) is 35.4 Å². The SMILES string of the molecule is CC(C)SSC(C)c1ccc(C(=O)C(C)(C)C)cc1. The van der Waals surface area contributed by atoms with Gasteiger partial charge < -0.3 is 0 Å². The van der Waals surface area contributed by atoms with Crippen LogP contribution in [0.4, 0.5) is 0 Å².